The van der Waals surface area contributed by atoms with Gasteiger partial charge in [0, 0.05) is 18.2 Å². The second kappa shape index (κ2) is 7.08. The summed E-state index contributed by atoms with van der Waals surface area (Å²) in [5.41, 5.74) is 12.3. The van der Waals surface area contributed by atoms with Gasteiger partial charge in [0.2, 0.25) is 5.91 Å². The van der Waals surface area contributed by atoms with Crippen LogP contribution in [0.1, 0.15) is 24.8 Å². The standard InChI is InChI=1S/C15H22N4O2/c16-8-11-4-2-6-13(11)14(20)18-9-10-3-1-5-12(7-10)19-15(17)21/h1,3,5,7,11,13H,2,4,6,8-9,16H2,(H,18,20)(H3,17,19,21)/t11-,13-/m1/s1. The predicted octanol–water partition coefficient (Wildman–Crippen LogP) is 1.17. The molecule has 1 aromatic carbocycles. The van der Waals surface area contributed by atoms with Gasteiger partial charge in [-0.05, 0) is 43.0 Å². The monoisotopic (exact) mass is 290 g/mol. The zero-order valence-corrected chi connectivity index (χ0v) is 12.0. The first-order valence-electron chi connectivity index (χ1n) is 7.23. The molecule has 0 aromatic heterocycles. The zero-order valence-electron chi connectivity index (χ0n) is 12.0. The Labute approximate surface area is 124 Å². The molecule has 1 fully saturated rings. The SMILES string of the molecule is NC[C@H]1CCC[C@H]1C(=O)NCc1cccc(NC(N)=O)c1. The molecule has 3 amide bonds. The Morgan fingerprint density at radius 3 is 2.81 bits per heavy atom. The third-order valence-corrected chi connectivity index (χ3v) is 3.96. The van der Waals surface area contributed by atoms with Gasteiger partial charge in [-0.25, -0.2) is 4.79 Å². The van der Waals surface area contributed by atoms with Gasteiger partial charge in [0.25, 0.3) is 0 Å². The zero-order chi connectivity index (χ0) is 15.2. The van der Waals surface area contributed by atoms with E-state index in [-0.39, 0.29) is 11.8 Å². The second-order valence-corrected chi connectivity index (χ2v) is 5.44. The van der Waals surface area contributed by atoms with E-state index in [1.807, 2.05) is 12.1 Å². The molecule has 0 unspecified atom stereocenters. The Morgan fingerprint density at radius 1 is 1.29 bits per heavy atom. The first-order chi connectivity index (χ1) is 10.1. The van der Waals surface area contributed by atoms with E-state index in [0.717, 1.165) is 24.8 Å². The van der Waals surface area contributed by atoms with Crippen molar-refractivity contribution in [3.8, 4) is 0 Å². The number of amides is 3. The van der Waals surface area contributed by atoms with Crippen LogP contribution in [0, 0.1) is 11.8 Å². The van der Waals surface area contributed by atoms with Crippen molar-refractivity contribution in [1.82, 2.24) is 5.32 Å². The van der Waals surface area contributed by atoms with Crippen LogP contribution in [-0.2, 0) is 11.3 Å². The maximum atomic E-state index is 12.2. The van der Waals surface area contributed by atoms with Gasteiger partial charge in [-0.3, -0.25) is 4.79 Å². The van der Waals surface area contributed by atoms with Crippen molar-refractivity contribution in [1.29, 1.82) is 0 Å². The molecule has 0 heterocycles. The number of hydrogen-bond acceptors (Lipinski definition) is 3. The summed E-state index contributed by atoms with van der Waals surface area (Å²) in [5.74, 6) is 0.394. The molecule has 2 atom stereocenters. The minimum atomic E-state index is -0.604. The summed E-state index contributed by atoms with van der Waals surface area (Å²) in [6, 6.07) is 6.64. The molecule has 0 spiro atoms. The van der Waals surface area contributed by atoms with E-state index in [4.69, 9.17) is 11.5 Å². The fourth-order valence-electron chi connectivity index (χ4n) is 2.89. The van der Waals surface area contributed by atoms with Gasteiger partial charge in [-0.15, -0.1) is 0 Å². The number of urea groups is 1. The molecule has 0 radical (unpaired) electrons. The van der Waals surface area contributed by atoms with Gasteiger partial charge in [0.1, 0.15) is 0 Å². The van der Waals surface area contributed by atoms with E-state index in [9.17, 15) is 9.59 Å². The molecule has 21 heavy (non-hydrogen) atoms. The highest BCUT2D eigenvalue weighted by Crippen LogP contribution is 2.31. The predicted molar refractivity (Wildman–Crippen MR) is 81.4 cm³/mol. The number of carbonyl (C=O) groups is 2. The Bertz CT molecular complexity index is 518. The van der Waals surface area contributed by atoms with Crippen LogP contribution in [0.15, 0.2) is 24.3 Å². The lowest BCUT2D eigenvalue weighted by Gasteiger charge is -2.17. The summed E-state index contributed by atoms with van der Waals surface area (Å²) in [6.07, 6.45) is 3.02. The van der Waals surface area contributed by atoms with E-state index in [2.05, 4.69) is 10.6 Å². The molecule has 6 N–H and O–H groups in total. The normalized spacial score (nSPS) is 21.0. The van der Waals surface area contributed by atoms with Gasteiger partial charge in [-0.1, -0.05) is 18.6 Å². The van der Waals surface area contributed by atoms with Crippen molar-refractivity contribution in [3.63, 3.8) is 0 Å². The van der Waals surface area contributed by atoms with Crippen LogP contribution in [-0.4, -0.2) is 18.5 Å². The first kappa shape index (κ1) is 15.3. The maximum Gasteiger partial charge on any atom is 0.316 e. The maximum absolute atomic E-state index is 12.2. The van der Waals surface area contributed by atoms with Crippen LogP contribution < -0.4 is 22.1 Å². The van der Waals surface area contributed by atoms with E-state index in [1.165, 1.54) is 0 Å². The van der Waals surface area contributed by atoms with Crippen molar-refractivity contribution in [2.45, 2.75) is 25.8 Å². The molecule has 0 saturated heterocycles. The Hall–Kier alpha value is -2.08. The van der Waals surface area contributed by atoms with E-state index in [0.29, 0.717) is 24.7 Å². The molecule has 1 aromatic rings. The molecule has 0 aliphatic heterocycles. The van der Waals surface area contributed by atoms with Crippen molar-refractivity contribution in [2.24, 2.45) is 23.3 Å². The van der Waals surface area contributed by atoms with Crippen molar-refractivity contribution in [2.75, 3.05) is 11.9 Å². The highest BCUT2D eigenvalue weighted by atomic mass is 16.2. The first-order valence-corrected chi connectivity index (χ1v) is 7.23. The van der Waals surface area contributed by atoms with E-state index in [1.54, 1.807) is 12.1 Å². The number of rotatable bonds is 5. The fourth-order valence-corrected chi connectivity index (χ4v) is 2.89. The summed E-state index contributed by atoms with van der Waals surface area (Å²) < 4.78 is 0. The van der Waals surface area contributed by atoms with Crippen LogP contribution in [0.5, 0.6) is 0 Å². The molecule has 1 aliphatic carbocycles. The van der Waals surface area contributed by atoms with Crippen molar-refractivity contribution in [3.05, 3.63) is 29.8 Å². The molecular formula is C15H22N4O2. The van der Waals surface area contributed by atoms with Gasteiger partial charge in [0.15, 0.2) is 0 Å². The molecule has 6 nitrogen and oxygen atoms in total. The Morgan fingerprint density at radius 2 is 2.10 bits per heavy atom. The van der Waals surface area contributed by atoms with E-state index >= 15 is 0 Å². The summed E-state index contributed by atoms with van der Waals surface area (Å²) in [7, 11) is 0. The number of benzene rings is 1. The highest BCUT2D eigenvalue weighted by Gasteiger charge is 2.31. The molecule has 2 rings (SSSR count). The minimum Gasteiger partial charge on any atom is -0.352 e. The summed E-state index contributed by atoms with van der Waals surface area (Å²) in [5, 5.41) is 5.46. The average molecular weight is 290 g/mol. The highest BCUT2D eigenvalue weighted by molar-refractivity contribution is 5.87. The fraction of sp³-hybridized carbons (Fsp3) is 0.467. The third kappa shape index (κ3) is 4.19. The number of anilines is 1. The minimum absolute atomic E-state index is 0.0296. The van der Waals surface area contributed by atoms with Gasteiger partial charge >= 0.3 is 6.03 Å². The summed E-state index contributed by atoms with van der Waals surface area (Å²) in [6.45, 7) is 0.997. The topological polar surface area (TPSA) is 110 Å². The smallest absolute Gasteiger partial charge is 0.316 e. The Kier molecular flexibility index (Phi) is 5.16. The number of hydrogen-bond donors (Lipinski definition) is 4. The van der Waals surface area contributed by atoms with Crippen molar-refractivity contribution < 1.29 is 9.59 Å². The van der Waals surface area contributed by atoms with Crippen LogP contribution >= 0.6 is 0 Å². The van der Waals surface area contributed by atoms with Gasteiger partial charge < -0.3 is 22.1 Å². The van der Waals surface area contributed by atoms with E-state index < -0.39 is 6.03 Å². The molecule has 1 aliphatic rings. The average Bonchev–Trinajstić information content (AvgIpc) is 2.93. The number of nitrogens with one attached hydrogen (secondary N) is 2. The van der Waals surface area contributed by atoms with Crippen LogP contribution in [0.3, 0.4) is 0 Å². The largest absolute Gasteiger partial charge is 0.352 e. The molecule has 1 saturated carbocycles. The second-order valence-electron chi connectivity index (χ2n) is 5.44. The quantitative estimate of drug-likeness (QED) is 0.653. The van der Waals surface area contributed by atoms with Crippen LogP contribution in [0.2, 0.25) is 0 Å². The Balaban J connectivity index is 1.90. The number of nitrogens with two attached hydrogens (primary N) is 2. The molecular weight excluding hydrogens is 268 g/mol. The number of primary amides is 1. The van der Waals surface area contributed by atoms with Crippen molar-refractivity contribution >= 4 is 17.6 Å². The summed E-state index contributed by atoms with van der Waals surface area (Å²) in [4.78, 5) is 23.0. The third-order valence-electron chi connectivity index (χ3n) is 3.96. The summed E-state index contributed by atoms with van der Waals surface area (Å²) >= 11 is 0. The number of carbonyl (C=O) groups excluding carboxylic acids is 2. The molecule has 6 heteroatoms. The van der Waals surface area contributed by atoms with Gasteiger partial charge in [-0.2, -0.15) is 0 Å². The lowest BCUT2D eigenvalue weighted by molar-refractivity contribution is -0.126. The molecule has 0 bridgehead atoms. The lowest BCUT2D eigenvalue weighted by Crippen LogP contribution is -2.34. The van der Waals surface area contributed by atoms with Gasteiger partial charge in [0.05, 0.1) is 0 Å². The molecule has 114 valence electrons. The van der Waals surface area contributed by atoms with Crippen LogP contribution in [0.4, 0.5) is 10.5 Å². The van der Waals surface area contributed by atoms with Crippen LogP contribution in [0.25, 0.3) is 0 Å². The lowest BCUT2D eigenvalue weighted by atomic mass is 9.95.